The monoisotopic (exact) mass is 286 g/mol. The molecule has 0 aliphatic rings. The zero-order valence-electron chi connectivity index (χ0n) is 8.71. The predicted molar refractivity (Wildman–Crippen MR) is 69.1 cm³/mol. The van der Waals surface area contributed by atoms with E-state index in [0.717, 1.165) is 10.0 Å². The number of nitro groups is 1. The highest BCUT2D eigenvalue weighted by Gasteiger charge is 2.16. The molecule has 0 N–H and O–H groups in total. The molecular formula is C10H7ClN2O2S2. The number of hydrogen-bond acceptors (Lipinski definition) is 5. The van der Waals surface area contributed by atoms with Crippen LogP contribution in [0.5, 0.6) is 0 Å². The highest BCUT2D eigenvalue weighted by molar-refractivity contribution is 8.01. The standard InChI is InChI=1S/C10H7ClN2O2S2/c1-6-5-16-10(12-6)17-9-3-2-7(11)4-8(9)13(14)15/h2-5H,1H3. The van der Waals surface area contributed by atoms with E-state index in [2.05, 4.69) is 4.98 Å². The average molecular weight is 287 g/mol. The lowest BCUT2D eigenvalue weighted by molar-refractivity contribution is -0.387. The van der Waals surface area contributed by atoms with Gasteiger partial charge >= 0.3 is 0 Å². The van der Waals surface area contributed by atoms with E-state index in [4.69, 9.17) is 11.6 Å². The van der Waals surface area contributed by atoms with E-state index in [9.17, 15) is 10.1 Å². The Bertz CT molecular complexity index is 571. The molecule has 1 heterocycles. The molecule has 0 bridgehead atoms. The third-order valence-corrected chi connectivity index (χ3v) is 4.27. The van der Waals surface area contributed by atoms with Gasteiger partial charge in [-0.15, -0.1) is 11.3 Å². The van der Waals surface area contributed by atoms with Gasteiger partial charge in [0.15, 0.2) is 4.34 Å². The quantitative estimate of drug-likeness (QED) is 0.628. The van der Waals surface area contributed by atoms with Crippen LogP contribution in [0.2, 0.25) is 5.02 Å². The van der Waals surface area contributed by atoms with Crippen molar-refractivity contribution >= 4 is 40.4 Å². The first-order valence-electron chi connectivity index (χ1n) is 4.60. The minimum atomic E-state index is -0.436. The van der Waals surface area contributed by atoms with E-state index >= 15 is 0 Å². The summed E-state index contributed by atoms with van der Waals surface area (Å²) in [6.45, 7) is 1.89. The zero-order chi connectivity index (χ0) is 12.4. The lowest BCUT2D eigenvalue weighted by atomic mass is 10.3. The van der Waals surface area contributed by atoms with Crippen LogP contribution in [-0.2, 0) is 0 Å². The Kier molecular flexibility index (Phi) is 3.66. The third kappa shape index (κ3) is 2.96. The van der Waals surface area contributed by atoms with Crippen molar-refractivity contribution in [2.45, 2.75) is 16.2 Å². The Labute approximate surface area is 111 Å². The van der Waals surface area contributed by atoms with Crippen LogP contribution in [0.15, 0.2) is 32.8 Å². The first-order chi connectivity index (χ1) is 8.06. The van der Waals surface area contributed by atoms with E-state index in [1.165, 1.54) is 29.2 Å². The lowest BCUT2D eigenvalue weighted by Crippen LogP contribution is -1.90. The maximum absolute atomic E-state index is 10.9. The summed E-state index contributed by atoms with van der Waals surface area (Å²) in [5, 5.41) is 13.2. The molecule has 0 atom stereocenters. The van der Waals surface area contributed by atoms with Gasteiger partial charge in [-0.25, -0.2) is 4.98 Å². The number of halogens is 1. The molecule has 0 aliphatic carbocycles. The fourth-order valence-electron chi connectivity index (χ4n) is 1.19. The van der Waals surface area contributed by atoms with Crippen molar-refractivity contribution in [1.82, 2.24) is 4.98 Å². The van der Waals surface area contributed by atoms with Crippen LogP contribution < -0.4 is 0 Å². The zero-order valence-corrected chi connectivity index (χ0v) is 11.1. The van der Waals surface area contributed by atoms with Gasteiger partial charge in [0.25, 0.3) is 5.69 Å². The van der Waals surface area contributed by atoms with Crippen LogP contribution in [0, 0.1) is 17.0 Å². The Morgan fingerprint density at radius 1 is 1.53 bits per heavy atom. The van der Waals surface area contributed by atoms with Crippen molar-refractivity contribution < 1.29 is 4.92 Å². The molecular weight excluding hydrogens is 280 g/mol. The highest BCUT2D eigenvalue weighted by atomic mass is 35.5. The van der Waals surface area contributed by atoms with Crippen molar-refractivity contribution in [2.24, 2.45) is 0 Å². The molecule has 0 radical (unpaired) electrons. The number of nitro benzene ring substituents is 1. The van der Waals surface area contributed by atoms with Crippen LogP contribution in [0.3, 0.4) is 0 Å². The minimum Gasteiger partial charge on any atom is -0.258 e. The van der Waals surface area contributed by atoms with E-state index in [0.29, 0.717) is 9.92 Å². The first-order valence-corrected chi connectivity index (χ1v) is 6.67. The summed E-state index contributed by atoms with van der Waals surface area (Å²) < 4.78 is 0.785. The van der Waals surface area contributed by atoms with E-state index in [1.54, 1.807) is 12.1 Å². The average Bonchev–Trinajstić information content (AvgIpc) is 2.66. The van der Waals surface area contributed by atoms with Gasteiger partial charge in [0.1, 0.15) is 0 Å². The summed E-state index contributed by atoms with van der Waals surface area (Å²) in [6.07, 6.45) is 0. The second kappa shape index (κ2) is 5.03. The van der Waals surface area contributed by atoms with Crippen molar-refractivity contribution in [3.8, 4) is 0 Å². The van der Waals surface area contributed by atoms with E-state index < -0.39 is 4.92 Å². The number of thiazole rings is 1. The van der Waals surface area contributed by atoms with Gasteiger partial charge in [0.05, 0.1) is 9.82 Å². The van der Waals surface area contributed by atoms with Gasteiger partial charge in [-0.2, -0.15) is 0 Å². The van der Waals surface area contributed by atoms with Crippen molar-refractivity contribution in [3.05, 3.63) is 44.4 Å². The number of hydrogen-bond donors (Lipinski definition) is 0. The molecule has 0 saturated heterocycles. The van der Waals surface area contributed by atoms with Crippen LogP contribution in [0.4, 0.5) is 5.69 Å². The maximum atomic E-state index is 10.9. The maximum Gasteiger partial charge on any atom is 0.284 e. The summed E-state index contributed by atoms with van der Waals surface area (Å²) in [7, 11) is 0. The fraction of sp³-hybridized carbons (Fsp3) is 0.100. The molecule has 88 valence electrons. The first kappa shape index (κ1) is 12.3. The van der Waals surface area contributed by atoms with Gasteiger partial charge in [-0.1, -0.05) is 23.4 Å². The molecule has 2 aromatic rings. The number of aryl methyl sites for hydroxylation is 1. The molecule has 0 saturated carbocycles. The summed E-state index contributed by atoms with van der Waals surface area (Å²) in [6, 6.07) is 4.63. The fourth-order valence-corrected chi connectivity index (χ4v) is 3.24. The highest BCUT2D eigenvalue weighted by Crippen LogP contribution is 2.37. The van der Waals surface area contributed by atoms with E-state index in [-0.39, 0.29) is 5.69 Å². The number of nitrogens with zero attached hydrogens (tertiary/aromatic N) is 2. The second-order valence-electron chi connectivity index (χ2n) is 3.23. The lowest BCUT2D eigenvalue weighted by Gasteiger charge is -2.00. The van der Waals surface area contributed by atoms with Crippen LogP contribution in [-0.4, -0.2) is 9.91 Å². The molecule has 4 nitrogen and oxygen atoms in total. The summed E-state index contributed by atoms with van der Waals surface area (Å²) in [5.74, 6) is 0. The van der Waals surface area contributed by atoms with Gasteiger partial charge in [-0.3, -0.25) is 10.1 Å². The van der Waals surface area contributed by atoms with Crippen molar-refractivity contribution in [1.29, 1.82) is 0 Å². The van der Waals surface area contributed by atoms with Crippen molar-refractivity contribution in [3.63, 3.8) is 0 Å². The molecule has 0 amide bonds. The number of rotatable bonds is 3. The predicted octanol–water partition coefficient (Wildman–Crippen LogP) is 4.16. The third-order valence-electron chi connectivity index (χ3n) is 1.91. The smallest absolute Gasteiger partial charge is 0.258 e. The van der Waals surface area contributed by atoms with Gasteiger partial charge in [0.2, 0.25) is 0 Å². The Balaban J connectivity index is 2.35. The molecule has 0 spiro atoms. The number of benzene rings is 1. The van der Waals surface area contributed by atoms with Crippen molar-refractivity contribution in [2.75, 3.05) is 0 Å². The molecule has 0 fully saturated rings. The van der Waals surface area contributed by atoms with Gasteiger partial charge in [-0.05, 0) is 19.1 Å². The van der Waals surface area contributed by atoms with Crippen LogP contribution >= 0.6 is 34.7 Å². The summed E-state index contributed by atoms with van der Waals surface area (Å²) in [5.41, 5.74) is 0.921. The molecule has 1 aromatic carbocycles. The van der Waals surface area contributed by atoms with Gasteiger partial charge in [0, 0.05) is 22.2 Å². The SMILES string of the molecule is Cc1csc(Sc2ccc(Cl)cc2[N+](=O)[O-])n1. The summed E-state index contributed by atoms with van der Waals surface area (Å²) >= 11 is 8.49. The molecule has 7 heteroatoms. The summed E-state index contributed by atoms with van der Waals surface area (Å²) in [4.78, 5) is 15.3. The van der Waals surface area contributed by atoms with E-state index in [1.807, 2.05) is 12.3 Å². The Hall–Kier alpha value is -1.11. The largest absolute Gasteiger partial charge is 0.284 e. The molecule has 2 rings (SSSR count). The van der Waals surface area contributed by atoms with Gasteiger partial charge < -0.3 is 0 Å². The Morgan fingerprint density at radius 3 is 2.88 bits per heavy atom. The molecule has 17 heavy (non-hydrogen) atoms. The van der Waals surface area contributed by atoms with Crippen LogP contribution in [0.1, 0.15) is 5.69 Å². The second-order valence-corrected chi connectivity index (χ2v) is 5.81. The molecule has 0 unspecified atom stereocenters. The normalized spacial score (nSPS) is 10.5. The molecule has 0 aliphatic heterocycles. The Morgan fingerprint density at radius 2 is 2.29 bits per heavy atom. The molecule has 1 aromatic heterocycles. The van der Waals surface area contributed by atoms with Crippen LogP contribution in [0.25, 0.3) is 0 Å². The number of aromatic nitrogens is 1. The topological polar surface area (TPSA) is 56.0 Å². The minimum absolute atomic E-state index is 0.00959.